The van der Waals surface area contributed by atoms with Crippen molar-refractivity contribution in [1.29, 1.82) is 0 Å². The van der Waals surface area contributed by atoms with Gasteiger partial charge in [0, 0.05) is 16.2 Å². The fourth-order valence-corrected chi connectivity index (χ4v) is 2.65. The van der Waals surface area contributed by atoms with Gasteiger partial charge in [0.2, 0.25) is 0 Å². The van der Waals surface area contributed by atoms with Crippen LogP contribution in [0.2, 0.25) is 0 Å². The molecule has 4 heteroatoms. The predicted octanol–water partition coefficient (Wildman–Crippen LogP) is 3.02. The zero-order valence-electron chi connectivity index (χ0n) is 10.7. The Morgan fingerprint density at radius 3 is 2.35 bits per heavy atom. The maximum Gasteiger partial charge on any atom is 0.126 e. The Morgan fingerprint density at radius 1 is 1.29 bits per heavy atom. The third-order valence-electron chi connectivity index (χ3n) is 2.77. The molecule has 3 atom stereocenters. The Kier molecular flexibility index (Phi) is 4.98. The van der Waals surface area contributed by atoms with Gasteiger partial charge in [-0.2, -0.15) is 0 Å². The first-order valence-corrected chi connectivity index (χ1v) is 6.61. The van der Waals surface area contributed by atoms with E-state index in [1.165, 1.54) is 17.8 Å². The zero-order chi connectivity index (χ0) is 13.2. The molecule has 0 aliphatic heterocycles. The third-order valence-corrected chi connectivity index (χ3v) is 4.15. The van der Waals surface area contributed by atoms with Crippen LogP contribution in [-0.2, 0) is 0 Å². The number of aryl methyl sites for hydroxylation is 1. The highest BCUT2D eigenvalue weighted by atomic mass is 32.2. The lowest BCUT2D eigenvalue weighted by molar-refractivity contribution is 0.196. The number of aliphatic hydroxyl groups excluding tert-OH is 1. The van der Waals surface area contributed by atoms with E-state index in [1.54, 1.807) is 19.9 Å². The van der Waals surface area contributed by atoms with Gasteiger partial charge in [-0.3, -0.25) is 0 Å². The monoisotopic (exact) mass is 257 g/mol. The van der Waals surface area contributed by atoms with E-state index >= 15 is 0 Å². The average molecular weight is 257 g/mol. The van der Waals surface area contributed by atoms with Crippen LogP contribution in [0.4, 0.5) is 4.39 Å². The number of nitrogens with two attached hydrogens (primary N) is 1. The van der Waals surface area contributed by atoms with Crippen molar-refractivity contribution >= 4 is 11.8 Å². The minimum atomic E-state index is -0.411. The number of aliphatic hydroxyl groups is 1. The smallest absolute Gasteiger partial charge is 0.126 e. The molecule has 2 nitrogen and oxygen atoms in total. The number of hydrogen-bond donors (Lipinski definition) is 2. The van der Waals surface area contributed by atoms with Gasteiger partial charge < -0.3 is 10.8 Å². The fraction of sp³-hybridized carbons (Fsp3) is 0.538. The molecular weight excluding hydrogens is 237 g/mol. The molecule has 0 bridgehead atoms. The van der Waals surface area contributed by atoms with Crippen molar-refractivity contribution in [3.63, 3.8) is 0 Å². The van der Waals surface area contributed by atoms with Gasteiger partial charge in [0.15, 0.2) is 0 Å². The summed E-state index contributed by atoms with van der Waals surface area (Å²) < 4.78 is 13.5. The van der Waals surface area contributed by atoms with Crippen LogP contribution in [0.5, 0.6) is 0 Å². The number of thioether (sulfide) groups is 1. The lowest BCUT2D eigenvalue weighted by atomic mass is 10.1. The van der Waals surface area contributed by atoms with Gasteiger partial charge in [-0.25, -0.2) is 4.39 Å². The number of benzene rings is 1. The van der Waals surface area contributed by atoms with Crippen molar-refractivity contribution < 1.29 is 9.50 Å². The first-order valence-electron chi connectivity index (χ1n) is 5.73. The molecule has 0 aliphatic carbocycles. The number of rotatable bonds is 4. The van der Waals surface area contributed by atoms with Crippen molar-refractivity contribution in [2.75, 3.05) is 0 Å². The second kappa shape index (κ2) is 5.85. The summed E-state index contributed by atoms with van der Waals surface area (Å²) in [5.74, 6) is -0.230. The molecule has 0 spiro atoms. The van der Waals surface area contributed by atoms with Crippen LogP contribution in [0, 0.1) is 12.7 Å². The Labute approximate surface area is 106 Å². The molecule has 0 heterocycles. The quantitative estimate of drug-likeness (QED) is 0.815. The SMILES string of the molecule is Cc1cc(SC(C)C(C)O)c([C@@H](C)N)cc1F. The fourth-order valence-electron chi connectivity index (χ4n) is 1.43. The van der Waals surface area contributed by atoms with Crippen LogP contribution in [-0.4, -0.2) is 16.5 Å². The Morgan fingerprint density at radius 2 is 1.88 bits per heavy atom. The molecule has 0 saturated carbocycles. The molecular formula is C13H20FNOS. The van der Waals surface area contributed by atoms with E-state index in [0.29, 0.717) is 5.56 Å². The van der Waals surface area contributed by atoms with E-state index in [-0.39, 0.29) is 17.1 Å². The first kappa shape index (κ1) is 14.5. The second-order valence-electron chi connectivity index (χ2n) is 4.49. The van der Waals surface area contributed by atoms with E-state index < -0.39 is 6.10 Å². The molecule has 96 valence electrons. The highest BCUT2D eigenvalue weighted by Crippen LogP contribution is 2.32. The van der Waals surface area contributed by atoms with E-state index in [2.05, 4.69) is 0 Å². The van der Waals surface area contributed by atoms with Gasteiger partial charge in [0.25, 0.3) is 0 Å². The number of hydrogen-bond acceptors (Lipinski definition) is 3. The normalized spacial score (nSPS) is 16.6. The summed E-state index contributed by atoms with van der Waals surface area (Å²) in [6, 6.07) is 3.09. The first-order chi connectivity index (χ1) is 7.82. The Bertz CT molecular complexity index is 393. The molecule has 0 aliphatic rings. The van der Waals surface area contributed by atoms with Crippen LogP contribution in [0.15, 0.2) is 17.0 Å². The zero-order valence-corrected chi connectivity index (χ0v) is 11.5. The minimum Gasteiger partial charge on any atom is -0.392 e. The molecule has 0 amide bonds. The van der Waals surface area contributed by atoms with Gasteiger partial charge in [0.05, 0.1) is 6.10 Å². The molecule has 1 aromatic rings. The van der Waals surface area contributed by atoms with Crippen molar-refractivity contribution in [3.05, 3.63) is 29.1 Å². The molecule has 0 radical (unpaired) electrons. The molecule has 2 unspecified atom stereocenters. The topological polar surface area (TPSA) is 46.2 Å². The van der Waals surface area contributed by atoms with Gasteiger partial charge in [-0.15, -0.1) is 11.8 Å². The summed E-state index contributed by atoms with van der Waals surface area (Å²) in [7, 11) is 0. The minimum absolute atomic E-state index is 0.0531. The molecule has 17 heavy (non-hydrogen) atoms. The van der Waals surface area contributed by atoms with E-state index in [4.69, 9.17) is 5.73 Å². The third kappa shape index (κ3) is 3.69. The highest BCUT2D eigenvalue weighted by molar-refractivity contribution is 8.00. The second-order valence-corrected chi connectivity index (χ2v) is 5.91. The molecule has 0 saturated heterocycles. The summed E-state index contributed by atoms with van der Waals surface area (Å²) in [4.78, 5) is 0.951. The maximum absolute atomic E-state index is 13.5. The average Bonchev–Trinajstić information content (AvgIpc) is 2.22. The van der Waals surface area contributed by atoms with Crippen LogP contribution in [0.25, 0.3) is 0 Å². The van der Waals surface area contributed by atoms with Gasteiger partial charge in [-0.05, 0) is 44.0 Å². The van der Waals surface area contributed by atoms with Crippen LogP contribution in [0.1, 0.15) is 37.9 Å². The van der Waals surface area contributed by atoms with Gasteiger partial charge in [0.1, 0.15) is 5.82 Å². The largest absolute Gasteiger partial charge is 0.392 e. The van der Waals surface area contributed by atoms with Crippen LogP contribution >= 0.6 is 11.8 Å². The maximum atomic E-state index is 13.5. The standard InChI is InChI=1S/C13H20FNOS/c1-7-5-13(17-10(4)9(3)16)11(8(2)15)6-12(7)14/h5-6,8-10,16H,15H2,1-4H3/t8-,9?,10?/m1/s1. The van der Waals surface area contributed by atoms with Crippen molar-refractivity contribution in [3.8, 4) is 0 Å². The summed E-state index contributed by atoms with van der Waals surface area (Å²) in [5, 5.41) is 9.56. The summed E-state index contributed by atoms with van der Waals surface area (Å²) in [6.45, 7) is 7.26. The van der Waals surface area contributed by atoms with Gasteiger partial charge >= 0.3 is 0 Å². The molecule has 0 aromatic heterocycles. The van der Waals surface area contributed by atoms with E-state index in [9.17, 15) is 9.50 Å². The van der Waals surface area contributed by atoms with Crippen molar-refractivity contribution in [2.45, 2.75) is 50.0 Å². The highest BCUT2D eigenvalue weighted by Gasteiger charge is 2.16. The lowest BCUT2D eigenvalue weighted by Gasteiger charge is -2.19. The summed E-state index contributed by atoms with van der Waals surface area (Å²) >= 11 is 1.53. The summed E-state index contributed by atoms with van der Waals surface area (Å²) in [5.41, 5.74) is 7.25. The van der Waals surface area contributed by atoms with E-state index in [1.807, 2.05) is 13.8 Å². The molecule has 0 fully saturated rings. The van der Waals surface area contributed by atoms with Crippen LogP contribution in [0.3, 0.4) is 0 Å². The molecule has 1 rings (SSSR count). The lowest BCUT2D eigenvalue weighted by Crippen LogP contribution is -2.16. The van der Waals surface area contributed by atoms with Crippen molar-refractivity contribution in [1.82, 2.24) is 0 Å². The molecule has 1 aromatic carbocycles. The molecule has 3 N–H and O–H groups in total. The van der Waals surface area contributed by atoms with E-state index in [0.717, 1.165) is 10.5 Å². The predicted molar refractivity (Wildman–Crippen MR) is 70.7 cm³/mol. The Balaban J connectivity index is 3.08. The Hall–Kier alpha value is -0.580. The number of halogens is 1. The van der Waals surface area contributed by atoms with Crippen molar-refractivity contribution in [2.24, 2.45) is 5.73 Å². The van der Waals surface area contributed by atoms with Gasteiger partial charge in [-0.1, -0.05) is 6.92 Å². The van der Waals surface area contributed by atoms with Crippen LogP contribution < -0.4 is 5.73 Å². The summed E-state index contributed by atoms with van der Waals surface area (Å²) in [6.07, 6.45) is -0.411.